The number of rotatable bonds is 5. The van der Waals surface area contributed by atoms with E-state index in [1.807, 2.05) is 6.07 Å². The average molecular weight is 375 g/mol. The van der Waals surface area contributed by atoms with E-state index in [9.17, 15) is 0 Å². The fourth-order valence-corrected chi connectivity index (χ4v) is 3.36. The highest BCUT2D eigenvalue weighted by Gasteiger charge is 2.18. The largest absolute Gasteiger partial charge is 0.497 e. The van der Waals surface area contributed by atoms with Crippen LogP contribution in [0, 0.1) is 0 Å². The smallest absolute Gasteiger partial charge is 0.119 e. The van der Waals surface area contributed by atoms with Gasteiger partial charge in [0.1, 0.15) is 5.75 Å². The molecule has 0 radical (unpaired) electrons. The minimum absolute atomic E-state index is 0.922. The quantitative estimate of drug-likeness (QED) is 0.791. The molecule has 0 bridgehead atoms. The molecule has 1 aliphatic heterocycles. The molecule has 0 unspecified atom stereocenters. The van der Waals surface area contributed by atoms with Gasteiger partial charge in [-0.15, -0.1) is 0 Å². The number of nitrogens with zero attached hydrogens (tertiary/aromatic N) is 2. The molecule has 0 amide bonds. The van der Waals surface area contributed by atoms with Gasteiger partial charge in [-0.3, -0.25) is 9.80 Å². The molecule has 0 aliphatic carbocycles. The van der Waals surface area contributed by atoms with Crippen molar-refractivity contribution in [1.82, 2.24) is 9.80 Å². The zero-order valence-electron chi connectivity index (χ0n) is 13.5. The van der Waals surface area contributed by atoms with Crippen LogP contribution in [-0.4, -0.2) is 43.1 Å². The zero-order chi connectivity index (χ0) is 16.1. The molecule has 122 valence electrons. The van der Waals surface area contributed by atoms with E-state index in [0.717, 1.165) is 49.5 Å². The van der Waals surface area contributed by atoms with E-state index in [1.165, 1.54) is 11.1 Å². The van der Waals surface area contributed by atoms with Gasteiger partial charge in [0.05, 0.1) is 7.11 Å². The van der Waals surface area contributed by atoms with Gasteiger partial charge in [0.2, 0.25) is 0 Å². The van der Waals surface area contributed by atoms with Crippen molar-refractivity contribution in [2.75, 3.05) is 33.3 Å². The van der Waals surface area contributed by atoms with E-state index in [4.69, 9.17) is 4.74 Å². The maximum absolute atomic E-state index is 5.33. The number of methoxy groups -OCH3 is 1. The predicted molar refractivity (Wildman–Crippen MR) is 97.7 cm³/mol. The normalized spacial score (nSPS) is 16.4. The second-order valence-corrected chi connectivity index (χ2v) is 6.85. The topological polar surface area (TPSA) is 15.7 Å². The summed E-state index contributed by atoms with van der Waals surface area (Å²) in [6, 6.07) is 16.9. The van der Waals surface area contributed by atoms with Crippen LogP contribution in [0.15, 0.2) is 53.0 Å². The minimum atomic E-state index is 0.922. The van der Waals surface area contributed by atoms with Gasteiger partial charge in [-0.25, -0.2) is 0 Å². The Kier molecular flexibility index (Phi) is 5.70. The third-order valence-corrected chi connectivity index (χ3v) is 5.13. The summed E-state index contributed by atoms with van der Waals surface area (Å²) in [5, 5.41) is 0. The molecule has 0 saturated carbocycles. The van der Waals surface area contributed by atoms with Crippen LogP contribution >= 0.6 is 15.9 Å². The molecule has 23 heavy (non-hydrogen) atoms. The van der Waals surface area contributed by atoms with Crippen LogP contribution in [0.5, 0.6) is 5.75 Å². The summed E-state index contributed by atoms with van der Waals surface area (Å²) in [5.74, 6) is 0.922. The van der Waals surface area contributed by atoms with Gasteiger partial charge in [-0.1, -0.05) is 46.3 Å². The van der Waals surface area contributed by atoms with E-state index >= 15 is 0 Å². The lowest BCUT2D eigenvalue weighted by Crippen LogP contribution is -2.45. The predicted octanol–water partition coefficient (Wildman–Crippen LogP) is 3.78. The first-order valence-electron chi connectivity index (χ1n) is 8.05. The van der Waals surface area contributed by atoms with Crippen molar-refractivity contribution < 1.29 is 4.74 Å². The number of benzene rings is 2. The molecule has 2 aromatic carbocycles. The Morgan fingerprint density at radius 1 is 0.913 bits per heavy atom. The fraction of sp³-hybridized carbons (Fsp3) is 0.368. The van der Waals surface area contributed by atoms with Gasteiger partial charge in [0.25, 0.3) is 0 Å². The van der Waals surface area contributed by atoms with Crippen molar-refractivity contribution in [2.45, 2.75) is 13.1 Å². The highest BCUT2D eigenvalue weighted by molar-refractivity contribution is 9.10. The molecule has 2 aromatic rings. The van der Waals surface area contributed by atoms with Gasteiger partial charge in [0.15, 0.2) is 0 Å². The van der Waals surface area contributed by atoms with Crippen molar-refractivity contribution >= 4 is 15.9 Å². The molecule has 4 heteroatoms. The number of ether oxygens (including phenoxy) is 1. The summed E-state index contributed by atoms with van der Waals surface area (Å²) in [6.07, 6.45) is 0. The van der Waals surface area contributed by atoms with E-state index in [0.29, 0.717) is 0 Å². The van der Waals surface area contributed by atoms with Gasteiger partial charge in [-0.05, 0) is 29.3 Å². The Morgan fingerprint density at radius 2 is 1.57 bits per heavy atom. The number of hydrogen-bond donors (Lipinski definition) is 0. The summed E-state index contributed by atoms with van der Waals surface area (Å²) in [5.41, 5.74) is 2.69. The highest BCUT2D eigenvalue weighted by atomic mass is 79.9. The summed E-state index contributed by atoms with van der Waals surface area (Å²) >= 11 is 3.65. The Hall–Kier alpha value is -1.36. The Morgan fingerprint density at radius 3 is 2.22 bits per heavy atom. The Labute approximate surface area is 147 Å². The van der Waals surface area contributed by atoms with Crippen LogP contribution in [0.4, 0.5) is 0 Å². The van der Waals surface area contributed by atoms with Crippen LogP contribution < -0.4 is 4.74 Å². The molecule has 1 aliphatic rings. The lowest BCUT2D eigenvalue weighted by Gasteiger charge is -2.35. The lowest BCUT2D eigenvalue weighted by molar-refractivity contribution is 0.122. The fourth-order valence-electron chi connectivity index (χ4n) is 2.99. The Balaban J connectivity index is 1.53. The summed E-state index contributed by atoms with van der Waals surface area (Å²) in [7, 11) is 1.72. The second-order valence-electron chi connectivity index (χ2n) is 6.00. The summed E-state index contributed by atoms with van der Waals surface area (Å²) < 4.78 is 6.49. The third kappa shape index (κ3) is 4.56. The molecule has 1 saturated heterocycles. The van der Waals surface area contributed by atoms with E-state index in [2.05, 4.69) is 68.2 Å². The van der Waals surface area contributed by atoms with Crippen molar-refractivity contribution in [3.8, 4) is 5.75 Å². The third-order valence-electron chi connectivity index (χ3n) is 4.36. The van der Waals surface area contributed by atoms with Crippen LogP contribution in [0.1, 0.15) is 11.1 Å². The minimum Gasteiger partial charge on any atom is -0.497 e. The van der Waals surface area contributed by atoms with Crippen LogP contribution in [-0.2, 0) is 13.1 Å². The monoisotopic (exact) mass is 374 g/mol. The molecular formula is C19H23BrN2O. The van der Waals surface area contributed by atoms with Gasteiger partial charge >= 0.3 is 0 Å². The molecule has 1 heterocycles. The first kappa shape index (κ1) is 16.5. The standard InChI is InChI=1S/C19H23BrN2O/c1-23-18-7-8-19(20)17(13-18)15-22-11-9-21(10-12-22)14-16-5-3-2-4-6-16/h2-8,13H,9-12,14-15H2,1H3. The average Bonchev–Trinajstić information content (AvgIpc) is 2.59. The summed E-state index contributed by atoms with van der Waals surface area (Å²) in [6.45, 7) is 6.48. The zero-order valence-corrected chi connectivity index (χ0v) is 15.1. The van der Waals surface area contributed by atoms with E-state index in [1.54, 1.807) is 7.11 Å². The molecule has 3 nitrogen and oxygen atoms in total. The second kappa shape index (κ2) is 7.95. The molecule has 1 fully saturated rings. The van der Waals surface area contributed by atoms with Crippen LogP contribution in [0.2, 0.25) is 0 Å². The summed E-state index contributed by atoms with van der Waals surface area (Å²) in [4.78, 5) is 5.05. The van der Waals surface area contributed by atoms with Crippen molar-refractivity contribution in [2.24, 2.45) is 0 Å². The van der Waals surface area contributed by atoms with Crippen molar-refractivity contribution in [1.29, 1.82) is 0 Å². The van der Waals surface area contributed by atoms with Gasteiger partial charge < -0.3 is 4.74 Å². The van der Waals surface area contributed by atoms with E-state index in [-0.39, 0.29) is 0 Å². The van der Waals surface area contributed by atoms with Gasteiger partial charge in [-0.2, -0.15) is 0 Å². The maximum Gasteiger partial charge on any atom is 0.119 e. The highest BCUT2D eigenvalue weighted by Crippen LogP contribution is 2.24. The molecule has 3 rings (SSSR count). The molecule has 0 atom stereocenters. The van der Waals surface area contributed by atoms with Crippen molar-refractivity contribution in [3.63, 3.8) is 0 Å². The van der Waals surface area contributed by atoms with Crippen LogP contribution in [0.25, 0.3) is 0 Å². The molecular weight excluding hydrogens is 352 g/mol. The van der Waals surface area contributed by atoms with Crippen LogP contribution in [0.3, 0.4) is 0 Å². The Bertz CT molecular complexity index is 625. The van der Waals surface area contributed by atoms with Crippen molar-refractivity contribution in [3.05, 3.63) is 64.1 Å². The molecule has 0 N–H and O–H groups in total. The molecule has 0 aromatic heterocycles. The number of hydrogen-bond acceptors (Lipinski definition) is 3. The van der Waals surface area contributed by atoms with Gasteiger partial charge in [0, 0.05) is 43.7 Å². The SMILES string of the molecule is COc1ccc(Br)c(CN2CCN(Cc3ccccc3)CC2)c1. The van der Waals surface area contributed by atoms with E-state index < -0.39 is 0 Å². The molecule has 0 spiro atoms. The maximum atomic E-state index is 5.33. The lowest BCUT2D eigenvalue weighted by atomic mass is 10.1. The first-order valence-corrected chi connectivity index (χ1v) is 8.85. The first-order chi connectivity index (χ1) is 11.2. The number of halogens is 1. The number of piperazine rings is 1.